The molecule has 0 amide bonds. The molecule has 204 valence electrons. The van der Waals surface area contributed by atoms with Crippen LogP contribution in [0, 0.1) is 0 Å². The molecule has 1 aliphatic heterocycles. The topological polar surface area (TPSA) is 163 Å². The number of benzene rings is 4. The molecule has 11 nitrogen and oxygen atoms in total. The van der Waals surface area contributed by atoms with Crippen LogP contribution in [0.5, 0.6) is 0 Å². The minimum atomic E-state index is -4.31. The molecule has 0 aliphatic carbocycles. The minimum Gasteiger partial charge on any atom is -0.388 e. The smallest absolute Gasteiger partial charge is 0.325 e. The number of halogens is 1. The van der Waals surface area contributed by atoms with Crippen molar-refractivity contribution >= 4 is 74.2 Å². The van der Waals surface area contributed by atoms with Gasteiger partial charge in [-0.05, 0) is 51.0 Å². The fraction of sp³-hybridized carbons (Fsp3) is 0.222. The van der Waals surface area contributed by atoms with E-state index in [2.05, 4.69) is 56.7 Å². The first-order chi connectivity index (χ1) is 19.2. The fourth-order valence-electron chi connectivity index (χ4n) is 5.63. The maximum absolute atomic E-state index is 11.3. The van der Waals surface area contributed by atoms with Crippen LogP contribution in [0.15, 0.2) is 60.9 Å². The molecule has 4 atom stereocenters. The summed E-state index contributed by atoms with van der Waals surface area (Å²) in [6.45, 7) is 0. The minimum absolute atomic E-state index is 0.0689. The summed E-state index contributed by atoms with van der Waals surface area (Å²) in [6.07, 6.45) is -4.06. The van der Waals surface area contributed by atoms with Crippen LogP contribution in [-0.4, -0.2) is 64.0 Å². The van der Waals surface area contributed by atoms with Gasteiger partial charge in [-0.2, -0.15) is 9.97 Å². The number of rotatable bonds is 6. The predicted octanol–water partition coefficient (Wildman–Crippen LogP) is 4.31. The van der Waals surface area contributed by atoms with E-state index in [9.17, 15) is 24.6 Å². The Hall–Kier alpha value is -3.41. The summed E-state index contributed by atoms with van der Waals surface area (Å²) in [7, 11) is -4.31. The SMILES string of the molecule is O=P(O)(O)CC[C@H]1O[C@@H](n2cnc3c(Nc4ccc5ccc6cccc7ccc4c5c67)nc(Cl)nc32)C(O)C1O. The summed E-state index contributed by atoms with van der Waals surface area (Å²) >= 11 is 6.32. The highest BCUT2D eigenvalue weighted by Crippen LogP contribution is 2.41. The normalized spacial score (nSPS) is 21.8. The van der Waals surface area contributed by atoms with Gasteiger partial charge in [0.15, 0.2) is 23.2 Å². The van der Waals surface area contributed by atoms with Gasteiger partial charge in [0.2, 0.25) is 5.28 Å². The molecule has 0 radical (unpaired) electrons. The van der Waals surface area contributed by atoms with Gasteiger partial charge < -0.3 is 30.1 Å². The lowest BCUT2D eigenvalue weighted by molar-refractivity contribution is -0.0355. The van der Waals surface area contributed by atoms with Crippen LogP contribution >= 0.6 is 19.2 Å². The van der Waals surface area contributed by atoms with Crippen LogP contribution in [0.2, 0.25) is 5.28 Å². The molecule has 2 aromatic heterocycles. The second-order valence-corrected chi connectivity index (χ2v) is 12.1. The van der Waals surface area contributed by atoms with E-state index < -0.39 is 38.3 Å². The molecule has 0 saturated carbocycles. The van der Waals surface area contributed by atoms with Crippen molar-refractivity contribution in [1.82, 2.24) is 19.5 Å². The maximum atomic E-state index is 11.3. The lowest BCUT2D eigenvalue weighted by atomic mass is 9.93. The van der Waals surface area contributed by atoms with Crippen molar-refractivity contribution in [3.63, 3.8) is 0 Å². The van der Waals surface area contributed by atoms with E-state index in [1.54, 1.807) is 0 Å². The molecule has 1 saturated heterocycles. The Labute approximate surface area is 231 Å². The van der Waals surface area contributed by atoms with Crippen LogP contribution in [0.1, 0.15) is 12.6 Å². The zero-order chi connectivity index (χ0) is 27.8. The van der Waals surface area contributed by atoms with Crippen molar-refractivity contribution in [2.75, 3.05) is 11.5 Å². The molecular formula is C27H23ClN5O6P. The molecule has 2 unspecified atom stereocenters. The van der Waals surface area contributed by atoms with Gasteiger partial charge in [0, 0.05) is 11.1 Å². The lowest BCUT2D eigenvalue weighted by Crippen LogP contribution is -2.31. The summed E-state index contributed by atoms with van der Waals surface area (Å²) in [5.41, 5.74) is 1.41. The number of aliphatic hydroxyl groups is 2. The van der Waals surface area contributed by atoms with Gasteiger partial charge >= 0.3 is 7.60 Å². The number of fused-ring (bicyclic) bond motifs is 1. The Balaban J connectivity index is 1.28. The number of hydrogen-bond acceptors (Lipinski definition) is 8. The summed E-state index contributed by atoms with van der Waals surface area (Å²) in [5.74, 6) is 0.342. The number of aromatic nitrogens is 4. The predicted molar refractivity (Wildman–Crippen MR) is 151 cm³/mol. The zero-order valence-electron chi connectivity index (χ0n) is 20.7. The Morgan fingerprint density at radius 3 is 2.40 bits per heavy atom. The highest BCUT2D eigenvalue weighted by Gasteiger charge is 2.44. The number of imidazole rings is 1. The average Bonchev–Trinajstić information content (AvgIpc) is 3.46. The lowest BCUT2D eigenvalue weighted by Gasteiger charge is -2.17. The molecule has 6 aromatic rings. The number of hydrogen-bond donors (Lipinski definition) is 5. The fourth-order valence-corrected chi connectivity index (χ4v) is 6.38. The number of ether oxygens (including phenoxy) is 1. The molecule has 4 aromatic carbocycles. The van der Waals surface area contributed by atoms with Gasteiger partial charge in [0.25, 0.3) is 0 Å². The monoisotopic (exact) mass is 579 g/mol. The van der Waals surface area contributed by atoms with Gasteiger partial charge in [0.1, 0.15) is 12.2 Å². The molecule has 5 N–H and O–H groups in total. The molecule has 13 heteroatoms. The van der Waals surface area contributed by atoms with Crippen LogP contribution in [0.25, 0.3) is 43.5 Å². The van der Waals surface area contributed by atoms with E-state index >= 15 is 0 Å². The highest BCUT2D eigenvalue weighted by molar-refractivity contribution is 7.51. The third-order valence-corrected chi connectivity index (χ3v) is 8.50. The summed E-state index contributed by atoms with van der Waals surface area (Å²) in [4.78, 5) is 31.5. The van der Waals surface area contributed by atoms with Crippen LogP contribution in [-0.2, 0) is 9.30 Å². The van der Waals surface area contributed by atoms with Gasteiger partial charge in [0.05, 0.1) is 18.6 Å². The quantitative estimate of drug-likeness (QED) is 0.109. The van der Waals surface area contributed by atoms with Crippen molar-refractivity contribution in [2.24, 2.45) is 0 Å². The van der Waals surface area contributed by atoms with E-state index in [1.165, 1.54) is 16.3 Å². The van der Waals surface area contributed by atoms with Crippen LogP contribution in [0.4, 0.5) is 11.5 Å². The zero-order valence-corrected chi connectivity index (χ0v) is 22.4. The molecule has 1 fully saturated rings. The Morgan fingerprint density at radius 2 is 1.65 bits per heavy atom. The molecular weight excluding hydrogens is 557 g/mol. The van der Waals surface area contributed by atoms with Gasteiger partial charge in [-0.1, -0.05) is 48.5 Å². The molecule has 40 heavy (non-hydrogen) atoms. The summed E-state index contributed by atoms with van der Waals surface area (Å²) in [5, 5.41) is 31.2. The van der Waals surface area contributed by atoms with Gasteiger partial charge in [-0.15, -0.1) is 0 Å². The van der Waals surface area contributed by atoms with Gasteiger partial charge in [-0.3, -0.25) is 9.13 Å². The van der Waals surface area contributed by atoms with Crippen molar-refractivity contribution in [3.8, 4) is 0 Å². The summed E-state index contributed by atoms with van der Waals surface area (Å²) < 4.78 is 18.6. The van der Waals surface area contributed by atoms with Crippen molar-refractivity contribution in [2.45, 2.75) is 31.0 Å². The summed E-state index contributed by atoms with van der Waals surface area (Å²) in [6, 6.07) is 18.6. The third kappa shape index (κ3) is 4.18. The van der Waals surface area contributed by atoms with Crippen LogP contribution < -0.4 is 5.32 Å². The standard InChI is InChI=1S/C27H23ClN5O6P/c28-27-31-24(30-17-9-7-15-5-4-13-2-1-3-14-6-8-16(17)20(15)19(13)14)21-25(32-27)33(12-29-21)26-23(35)22(34)18(39-26)10-11-40(36,37)38/h1-9,12,18,22-23,26,34-35H,10-11H2,(H,30,31,32)(H2,36,37,38)/t18-,22?,23?,26-/m1/s1. The van der Waals surface area contributed by atoms with Crippen LogP contribution in [0.3, 0.4) is 0 Å². The van der Waals surface area contributed by atoms with Crippen molar-refractivity contribution < 1.29 is 29.3 Å². The van der Waals surface area contributed by atoms with Crippen molar-refractivity contribution in [1.29, 1.82) is 0 Å². The third-order valence-electron chi connectivity index (χ3n) is 7.49. The molecule has 0 spiro atoms. The molecule has 1 aliphatic rings. The first-order valence-electron chi connectivity index (χ1n) is 12.6. The number of nitrogens with one attached hydrogen (secondary N) is 1. The highest BCUT2D eigenvalue weighted by atomic mass is 35.5. The maximum Gasteiger partial charge on any atom is 0.325 e. The largest absolute Gasteiger partial charge is 0.388 e. The Kier molecular flexibility index (Phi) is 5.95. The van der Waals surface area contributed by atoms with E-state index in [1.807, 2.05) is 18.2 Å². The van der Waals surface area contributed by atoms with E-state index in [4.69, 9.17) is 16.3 Å². The first kappa shape index (κ1) is 25.6. The van der Waals surface area contributed by atoms with E-state index in [-0.39, 0.29) is 17.4 Å². The van der Waals surface area contributed by atoms with E-state index in [0.29, 0.717) is 11.3 Å². The molecule has 3 heterocycles. The van der Waals surface area contributed by atoms with Crippen molar-refractivity contribution in [3.05, 3.63) is 66.2 Å². The number of nitrogens with zero attached hydrogens (tertiary/aromatic N) is 4. The second kappa shape index (κ2) is 9.32. The van der Waals surface area contributed by atoms with Gasteiger partial charge in [-0.25, -0.2) is 4.98 Å². The Morgan fingerprint density at radius 1 is 0.950 bits per heavy atom. The Bertz CT molecular complexity index is 1950. The second-order valence-electron chi connectivity index (χ2n) is 9.98. The number of anilines is 2. The number of aliphatic hydroxyl groups excluding tert-OH is 2. The molecule has 7 rings (SSSR count). The molecule has 0 bridgehead atoms. The van der Waals surface area contributed by atoms with E-state index in [0.717, 1.165) is 32.6 Å². The average molecular weight is 580 g/mol. The first-order valence-corrected chi connectivity index (χ1v) is 14.8.